The highest BCUT2D eigenvalue weighted by Gasteiger charge is 2.13. The van der Waals surface area contributed by atoms with Gasteiger partial charge in [-0.1, -0.05) is 48.0 Å². The third-order valence-corrected chi connectivity index (χ3v) is 4.27. The highest BCUT2D eigenvalue weighted by Crippen LogP contribution is 2.28. The number of methoxy groups -OCH3 is 1. The van der Waals surface area contributed by atoms with Crippen LogP contribution in [0.1, 0.15) is 26.3 Å². The number of halogens is 1. The van der Waals surface area contributed by atoms with Gasteiger partial charge in [-0.2, -0.15) is 0 Å². The molecule has 0 atom stereocenters. The van der Waals surface area contributed by atoms with E-state index in [9.17, 15) is 9.59 Å². The number of carbonyl (C=O) groups excluding carboxylic acids is 2. The molecule has 0 aliphatic heterocycles. The summed E-state index contributed by atoms with van der Waals surface area (Å²) in [7, 11) is 1.49. The number of carbonyl (C=O) groups is 2. The molecule has 148 valence electrons. The van der Waals surface area contributed by atoms with Gasteiger partial charge in [0.1, 0.15) is 6.61 Å². The Morgan fingerprint density at radius 3 is 2.17 bits per heavy atom. The van der Waals surface area contributed by atoms with Crippen LogP contribution in [0.25, 0.3) is 0 Å². The zero-order valence-corrected chi connectivity index (χ0v) is 16.4. The summed E-state index contributed by atoms with van der Waals surface area (Å²) in [6, 6.07) is 20.9. The molecule has 29 heavy (non-hydrogen) atoms. The number of ether oxygens (including phenoxy) is 2. The summed E-state index contributed by atoms with van der Waals surface area (Å²) in [5.41, 5.74) is 6.37. The molecule has 0 aliphatic rings. The van der Waals surface area contributed by atoms with Gasteiger partial charge in [0.25, 0.3) is 11.8 Å². The first-order valence-corrected chi connectivity index (χ1v) is 9.15. The average Bonchev–Trinajstić information content (AvgIpc) is 2.76. The molecule has 0 radical (unpaired) electrons. The number of hydrogen-bond donors (Lipinski definition) is 2. The monoisotopic (exact) mass is 410 g/mol. The Bertz CT molecular complexity index is 1010. The van der Waals surface area contributed by atoms with Crippen molar-refractivity contribution in [2.24, 2.45) is 0 Å². The fourth-order valence-corrected chi connectivity index (χ4v) is 2.74. The van der Waals surface area contributed by atoms with Crippen LogP contribution in [0.2, 0.25) is 5.02 Å². The van der Waals surface area contributed by atoms with Crippen LogP contribution < -0.4 is 20.3 Å². The molecular weight excluding hydrogens is 392 g/mol. The zero-order valence-electron chi connectivity index (χ0n) is 15.6. The normalized spacial score (nSPS) is 10.1. The van der Waals surface area contributed by atoms with E-state index in [2.05, 4.69) is 10.9 Å². The summed E-state index contributed by atoms with van der Waals surface area (Å²) in [5.74, 6) is -0.0467. The largest absolute Gasteiger partial charge is 0.493 e. The third kappa shape index (κ3) is 5.49. The Kier molecular flexibility index (Phi) is 6.71. The van der Waals surface area contributed by atoms with Crippen LogP contribution in [0.3, 0.4) is 0 Å². The van der Waals surface area contributed by atoms with Gasteiger partial charge in [0.05, 0.1) is 7.11 Å². The van der Waals surface area contributed by atoms with E-state index in [0.29, 0.717) is 34.3 Å². The quantitative estimate of drug-likeness (QED) is 0.602. The molecular formula is C22H19ClN2O4. The Morgan fingerprint density at radius 1 is 0.828 bits per heavy atom. The number of amides is 2. The maximum Gasteiger partial charge on any atom is 0.269 e. The molecule has 3 aromatic carbocycles. The molecule has 0 spiro atoms. The summed E-state index contributed by atoms with van der Waals surface area (Å²) in [5, 5.41) is 0.430. The molecule has 6 nitrogen and oxygen atoms in total. The molecule has 3 aromatic rings. The van der Waals surface area contributed by atoms with Gasteiger partial charge in [-0.3, -0.25) is 20.4 Å². The number of hydrogen-bond acceptors (Lipinski definition) is 4. The first kappa shape index (κ1) is 20.2. The van der Waals surface area contributed by atoms with Crippen LogP contribution in [-0.2, 0) is 6.61 Å². The average molecular weight is 411 g/mol. The third-order valence-electron chi connectivity index (χ3n) is 4.04. The molecule has 2 N–H and O–H groups in total. The minimum Gasteiger partial charge on any atom is -0.493 e. The zero-order chi connectivity index (χ0) is 20.6. The second kappa shape index (κ2) is 9.61. The molecule has 0 heterocycles. The summed E-state index contributed by atoms with van der Waals surface area (Å²) in [6.45, 7) is 0.373. The molecule has 0 saturated carbocycles. The fourth-order valence-electron chi connectivity index (χ4n) is 2.55. The van der Waals surface area contributed by atoms with Crippen molar-refractivity contribution in [3.8, 4) is 11.5 Å². The predicted octanol–water partition coefficient (Wildman–Crippen LogP) is 4.00. The van der Waals surface area contributed by atoms with Crippen LogP contribution >= 0.6 is 11.6 Å². The van der Waals surface area contributed by atoms with E-state index in [1.807, 2.05) is 30.3 Å². The van der Waals surface area contributed by atoms with Gasteiger partial charge >= 0.3 is 0 Å². The maximum atomic E-state index is 12.4. The second-order valence-electron chi connectivity index (χ2n) is 6.06. The van der Waals surface area contributed by atoms with E-state index >= 15 is 0 Å². The Labute approximate surface area is 173 Å². The molecule has 2 amide bonds. The minimum atomic E-state index is -0.492. The molecule has 0 unspecified atom stereocenters. The summed E-state index contributed by atoms with van der Waals surface area (Å²) in [4.78, 5) is 24.5. The molecule has 0 aromatic heterocycles. The first-order valence-electron chi connectivity index (χ1n) is 8.78. The molecule has 7 heteroatoms. The number of rotatable bonds is 6. The van der Waals surface area contributed by atoms with E-state index in [1.54, 1.807) is 36.4 Å². The van der Waals surface area contributed by atoms with Gasteiger partial charge < -0.3 is 9.47 Å². The van der Waals surface area contributed by atoms with Crippen molar-refractivity contribution in [1.82, 2.24) is 10.9 Å². The summed E-state index contributed by atoms with van der Waals surface area (Å²) >= 11 is 5.87. The van der Waals surface area contributed by atoms with Crippen LogP contribution in [0.4, 0.5) is 0 Å². The molecule has 0 fully saturated rings. The highest BCUT2D eigenvalue weighted by molar-refractivity contribution is 6.30. The van der Waals surface area contributed by atoms with Crippen molar-refractivity contribution < 1.29 is 19.1 Å². The smallest absolute Gasteiger partial charge is 0.269 e. The van der Waals surface area contributed by atoms with Gasteiger partial charge in [0.15, 0.2) is 11.5 Å². The number of nitrogens with one attached hydrogen (secondary N) is 2. The Morgan fingerprint density at radius 2 is 1.52 bits per heavy atom. The van der Waals surface area contributed by atoms with Crippen LogP contribution in [0.5, 0.6) is 11.5 Å². The van der Waals surface area contributed by atoms with Crippen molar-refractivity contribution in [2.75, 3.05) is 7.11 Å². The van der Waals surface area contributed by atoms with E-state index in [0.717, 1.165) is 5.56 Å². The lowest BCUT2D eigenvalue weighted by Crippen LogP contribution is -2.41. The molecule has 3 rings (SSSR count). The number of hydrazine groups is 1. The van der Waals surface area contributed by atoms with Crippen molar-refractivity contribution in [3.63, 3.8) is 0 Å². The fraction of sp³-hybridized carbons (Fsp3) is 0.0909. The van der Waals surface area contributed by atoms with Crippen LogP contribution in [0.15, 0.2) is 72.8 Å². The topological polar surface area (TPSA) is 76.7 Å². The lowest BCUT2D eigenvalue weighted by Gasteiger charge is -2.13. The maximum absolute atomic E-state index is 12.4. The van der Waals surface area contributed by atoms with E-state index in [1.165, 1.54) is 13.2 Å². The predicted molar refractivity (Wildman–Crippen MR) is 110 cm³/mol. The summed E-state index contributed by atoms with van der Waals surface area (Å²) in [6.07, 6.45) is 0. The van der Waals surface area contributed by atoms with Gasteiger partial charge in [0.2, 0.25) is 0 Å². The Hall–Kier alpha value is -3.51. The van der Waals surface area contributed by atoms with E-state index < -0.39 is 11.8 Å². The molecule has 0 saturated heterocycles. The van der Waals surface area contributed by atoms with Crippen molar-refractivity contribution >= 4 is 23.4 Å². The van der Waals surface area contributed by atoms with Gasteiger partial charge in [-0.25, -0.2) is 0 Å². The van der Waals surface area contributed by atoms with Crippen molar-refractivity contribution in [1.29, 1.82) is 0 Å². The van der Waals surface area contributed by atoms with Gasteiger partial charge in [-0.15, -0.1) is 0 Å². The standard InChI is InChI=1S/C22H19ClN2O4/c1-28-20-13-17(10-11-19(20)29-14-15-6-3-2-4-7-15)22(27)25-24-21(26)16-8-5-9-18(23)12-16/h2-13H,14H2,1H3,(H,24,26)(H,25,27). The van der Waals surface area contributed by atoms with Gasteiger partial charge in [0, 0.05) is 16.1 Å². The van der Waals surface area contributed by atoms with Crippen LogP contribution in [0, 0.1) is 0 Å². The number of benzene rings is 3. The Balaban J connectivity index is 1.62. The van der Waals surface area contributed by atoms with Crippen molar-refractivity contribution in [2.45, 2.75) is 6.61 Å². The minimum absolute atomic E-state index is 0.306. The highest BCUT2D eigenvalue weighted by atomic mass is 35.5. The van der Waals surface area contributed by atoms with E-state index in [4.69, 9.17) is 21.1 Å². The summed E-state index contributed by atoms with van der Waals surface area (Å²) < 4.78 is 11.1. The lowest BCUT2D eigenvalue weighted by molar-refractivity contribution is 0.0846. The molecule has 0 aliphatic carbocycles. The first-order chi connectivity index (χ1) is 14.1. The second-order valence-corrected chi connectivity index (χ2v) is 6.49. The van der Waals surface area contributed by atoms with Crippen LogP contribution in [-0.4, -0.2) is 18.9 Å². The SMILES string of the molecule is COc1cc(C(=O)NNC(=O)c2cccc(Cl)c2)ccc1OCc1ccccc1. The lowest BCUT2D eigenvalue weighted by atomic mass is 10.2. The van der Waals surface area contributed by atoms with E-state index in [-0.39, 0.29) is 0 Å². The van der Waals surface area contributed by atoms with Gasteiger partial charge in [-0.05, 0) is 42.0 Å². The molecule has 0 bridgehead atoms. The van der Waals surface area contributed by atoms with Crippen molar-refractivity contribution in [3.05, 3.63) is 94.5 Å².